The molecule has 2 saturated heterocycles. The molecule has 1 aliphatic carbocycles. The number of hydrogen-bond donors (Lipinski definition) is 2. The minimum absolute atomic E-state index is 0.0354. The highest BCUT2D eigenvalue weighted by molar-refractivity contribution is 5.94. The summed E-state index contributed by atoms with van der Waals surface area (Å²) in [7, 11) is 0. The maximum absolute atomic E-state index is 12.9. The van der Waals surface area contributed by atoms with Crippen LogP contribution in [0.5, 0.6) is 0 Å². The number of aromatic amines is 1. The molecule has 1 aromatic heterocycles. The summed E-state index contributed by atoms with van der Waals surface area (Å²) in [5, 5.41) is 10.6. The highest BCUT2D eigenvalue weighted by atomic mass is 16.2. The molecule has 2 amide bonds. The van der Waals surface area contributed by atoms with Crippen molar-refractivity contribution in [3.63, 3.8) is 0 Å². The molecule has 27 heavy (non-hydrogen) atoms. The van der Waals surface area contributed by atoms with Crippen LogP contribution >= 0.6 is 0 Å². The fourth-order valence-electron chi connectivity index (χ4n) is 4.95. The Kier molecular flexibility index (Phi) is 3.81. The predicted molar refractivity (Wildman–Crippen MR) is 100 cm³/mol. The number of nitrogens with one attached hydrogen (secondary N) is 2. The number of carbonyl (C=O) groups is 2. The Morgan fingerprint density at radius 1 is 1.15 bits per heavy atom. The van der Waals surface area contributed by atoms with Gasteiger partial charge in [0.15, 0.2) is 5.69 Å². The summed E-state index contributed by atoms with van der Waals surface area (Å²) in [4.78, 5) is 27.4. The molecule has 5 rings (SSSR count). The van der Waals surface area contributed by atoms with Crippen molar-refractivity contribution in [3.05, 3.63) is 52.8 Å². The third-order valence-electron chi connectivity index (χ3n) is 6.52. The van der Waals surface area contributed by atoms with Crippen molar-refractivity contribution in [2.24, 2.45) is 0 Å². The Labute approximate surface area is 158 Å². The first-order valence-electron chi connectivity index (χ1n) is 9.88. The Bertz CT molecular complexity index is 881. The molecule has 1 spiro atoms. The van der Waals surface area contributed by atoms with Crippen LogP contribution in [0.3, 0.4) is 0 Å². The monoisotopic (exact) mass is 364 g/mol. The molecular weight excluding hydrogens is 340 g/mol. The van der Waals surface area contributed by atoms with Gasteiger partial charge in [-0.05, 0) is 44.1 Å². The van der Waals surface area contributed by atoms with Crippen LogP contribution in [0.25, 0.3) is 0 Å². The zero-order valence-electron chi connectivity index (χ0n) is 15.3. The second kappa shape index (κ2) is 6.22. The predicted octanol–water partition coefficient (Wildman–Crippen LogP) is 2.18. The van der Waals surface area contributed by atoms with E-state index in [4.69, 9.17) is 0 Å². The van der Waals surface area contributed by atoms with Gasteiger partial charge < -0.3 is 10.2 Å². The molecule has 0 radical (unpaired) electrons. The fourth-order valence-corrected chi connectivity index (χ4v) is 4.95. The Morgan fingerprint density at radius 2 is 1.93 bits per heavy atom. The molecule has 2 fully saturated rings. The first-order chi connectivity index (χ1) is 13.2. The second-order valence-corrected chi connectivity index (χ2v) is 8.11. The molecule has 0 bridgehead atoms. The Balaban J connectivity index is 1.28. The molecule has 2 aromatic rings. The van der Waals surface area contributed by atoms with Gasteiger partial charge in [0.1, 0.15) is 0 Å². The van der Waals surface area contributed by atoms with Crippen LogP contribution in [0.2, 0.25) is 0 Å². The lowest BCUT2D eigenvalue weighted by Gasteiger charge is -2.39. The van der Waals surface area contributed by atoms with Crippen molar-refractivity contribution in [2.45, 2.75) is 50.0 Å². The minimum Gasteiger partial charge on any atom is -0.350 e. The maximum Gasteiger partial charge on any atom is 0.274 e. The van der Waals surface area contributed by atoms with Crippen LogP contribution in [0.15, 0.2) is 30.3 Å². The molecular formula is C21H24N4O2. The number of piperidine rings is 1. The van der Waals surface area contributed by atoms with Gasteiger partial charge in [-0.2, -0.15) is 5.10 Å². The smallest absolute Gasteiger partial charge is 0.274 e. The third-order valence-corrected chi connectivity index (χ3v) is 6.52. The summed E-state index contributed by atoms with van der Waals surface area (Å²) in [6, 6.07) is 10.00. The van der Waals surface area contributed by atoms with Crippen molar-refractivity contribution >= 4 is 11.8 Å². The van der Waals surface area contributed by atoms with E-state index in [9.17, 15) is 9.59 Å². The molecule has 1 unspecified atom stereocenters. The second-order valence-electron chi connectivity index (χ2n) is 8.11. The van der Waals surface area contributed by atoms with E-state index < -0.39 is 0 Å². The maximum atomic E-state index is 12.9. The lowest BCUT2D eigenvalue weighted by Crippen LogP contribution is -2.52. The zero-order valence-corrected chi connectivity index (χ0v) is 15.3. The number of aryl methyl sites for hydroxylation is 1. The third kappa shape index (κ3) is 2.74. The van der Waals surface area contributed by atoms with Gasteiger partial charge in [-0.25, -0.2) is 0 Å². The summed E-state index contributed by atoms with van der Waals surface area (Å²) in [5.74, 6) is 0.0716. The molecule has 140 valence electrons. The van der Waals surface area contributed by atoms with Crippen molar-refractivity contribution in [2.75, 3.05) is 13.1 Å². The molecule has 0 saturated carbocycles. The number of nitrogens with zero attached hydrogens (tertiary/aromatic N) is 2. The number of H-pyrrole nitrogens is 1. The molecule has 3 heterocycles. The van der Waals surface area contributed by atoms with Gasteiger partial charge in [-0.15, -0.1) is 0 Å². The molecule has 3 aliphatic rings. The van der Waals surface area contributed by atoms with Gasteiger partial charge in [0.2, 0.25) is 5.91 Å². The van der Waals surface area contributed by atoms with E-state index in [1.54, 1.807) is 0 Å². The Hall–Kier alpha value is -2.63. The SMILES string of the molecule is O=C1NC2(CCN(C(=O)c3n[nH]c4c3CCC4)CC2)CC1c1ccccc1. The first kappa shape index (κ1) is 16.5. The van der Waals surface area contributed by atoms with Crippen LogP contribution in [-0.4, -0.2) is 45.5 Å². The molecule has 1 atom stereocenters. The summed E-state index contributed by atoms with van der Waals surface area (Å²) in [6.45, 7) is 1.34. The van der Waals surface area contributed by atoms with Gasteiger partial charge in [-0.3, -0.25) is 14.7 Å². The van der Waals surface area contributed by atoms with Crippen molar-refractivity contribution < 1.29 is 9.59 Å². The van der Waals surface area contributed by atoms with E-state index in [0.29, 0.717) is 18.8 Å². The molecule has 6 nitrogen and oxygen atoms in total. The standard InChI is InChI=1S/C21H24N4O2/c26-19-16(14-5-2-1-3-6-14)13-21(22-19)9-11-25(12-10-21)20(27)18-15-7-4-8-17(15)23-24-18/h1-3,5-6,16H,4,7-13H2,(H,22,26)(H,23,24). The highest BCUT2D eigenvalue weighted by Crippen LogP contribution is 2.39. The topological polar surface area (TPSA) is 78.1 Å². The Morgan fingerprint density at radius 3 is 2.70 bits per heavy atom. The molecule has 2 aliphatic heterocycles. The number of rotatable bonds is 2. The van der Waals surface area contributed by atoms with Crippen LogP contribution in [0.1, 0.15) is 58.9 Å². The lowest BCUT2D eigenvalue weighted by atomic mass is 9.82. The van der Waals surface area contributed by atoms with E-state index in [1.165, 1.54) is 0 Å². The number of benzene rings is 1. The highest BCUT2D eigenvalue weighted by Gasteiger charge is 2.47. The number of hydrogen-bond acceptors (Lipinski definition) is 3. The number of amides is 2. The summed E-state index contributed by atoms with van der Waals surface area (Å²) >= 11 is 0. The summed E-state index contributed by atoms with van der Waals surface area (Å²) in [5.41, 5.74) is 3.75. The number of carbonyl (C=O) groups excluding carboxylic acids is 2. The van der Waals surface area contributed by atoms with Crippen molar-refractivity contribution in [1.29, 1.82) is 0 Å². The number of aromatic nitrogens is 2. The largest absolute Gasteiger partial charge is 0.350 e. The van der Waals surface area contributed by atoms with E-state index >= 15 is 0 Å². The average Bonchev–Trinajstić information content (AvgIpc) is 3.38. The molecule has 1 aromatic carbocycles. The van der Waals surface area contributed by atoms with Crippen LogP contribution < -0.4 is 5.32 Å². The lowest BCUT2D eigenvalue weighted by molar-refractivity contribution is -0.121. The molecule has 6 heteroatoms. The quantitative estimate of drug-likeness (QED) is 0.857. The summed E-state index contributed by atoms with van der Waals surface area (Å²) < 4.78 is 0. The van der Waals surface area contributed by atoms with E-state index in [0.717, 1.165) is 55.3 Å². The minimum atomic E-state index is -0.179. The first-order valence-corrected chi connectivity index (χ1v) is 9.88. The number of likely N-dealkylation sites (tertiary alicyclic amines) is 1. The van der Waals surface area contributed by atoms with Gasteiger partial charge in [0.25, 0.3) is 5.91 Å². The molecule has 2 N–H and O–H groups in total. The van der Waals surface area contributed by atoms with Gasteiger partial charge >= 0.3 is 0 Å². The van der Waals surface area contributed by atoms with E-state index in [2.05, 4.69) is 15.5 Å². The van der Waals surface area contributed by atoms with Crippen molar-refractivity contribution in [3.8, 4) is 0 Å². The van der Waals surface area contributed by atoms with Gasteiger partial charge in [-0.1, -0.05) is 30.3 Å². The van der Waals surface area contributed by atoms with E-state index in [-0.39, 0.29) is 23.3 Å². The van der Waals surface area contributed by atoms with Crippen LogP contribution in [0, 0.1) is 0 Å². The normalized spacial score (nSPS) is 23.5. The van der Waals surface area contributed by atoms with Crippen molar-refractivity contribution in [1.82, 2.24) is 20.4 Å². The summed E-state index contributed by atoms with van der Waals surface area (Å²) in [6.07, 6.45) is 5.46. The van der Waals surface area contributed by atoms with Crippen LogP contribution in [-0.2, 0) is 17.6 Å². The number of fused-ring (bicyclic) bond motifs is 1. The van der Waals surface area contributed by atoms with Gasteiger partial charge in [0, 0.05) is 29.9 Å². The average molecular weight is 364 g/mol. The van der Waals surface area contributed by atoms with E-state index in [1.807, 2.05) is 35.2 Å². The van der Waals surface area contributed by atoms with Crippen LogP contribution in [0.4, 0.5) is 0 Å². The zero-order chi connectivity index (χ0) is 18.4. The van der Waals surface area contributed by atoms with Gasteiger partial charge in [0.05, 0.1) is 5.92 Å². The fraction of sp³-hybridized carbons (Fsp3) is 0.476.